The molecule has 1 aromatic carbocycles. The van der Waals surface area contributed by atoms with Crippen LogP contribution in [0, 0.1) is 5.82 Å². The van der Waals surface area contributed by atoms with Gasteiger partial charge in [0, 0.05) is 24.2 Å². The summed E-state index contributed by atoms with van der Waals surface area (Å²) in [5, 5.41) is 16.2. The van der Waals surface area contributed by atoms with Crippen molar-refractivity contribution < 1.29 is 9.50 Å². The molecule has 4 nitrogen and oxygen atoms in total. The largest absolute Gasteiger partial charge is 0.395 e. The Morgan fingerprint density at radius 1 is 1.25 bits per heavy atom. The zero-order chi connectivity index (χ0) is 14.4. The van der Waals surface area contributed by atoms with Crippen molar-refractivity contribution in [1.82, 2.24) is 15.1 Å². The first-order valence-electron chi connectivity index (χ1n) is 6.86. The van der Waals surface area contributed by atoms with Crippen LogP contribution in [0.5, 0.6) is 0 Å². The van der Waals surface area contributed by atoms with E-state index in [1.165, 1.54) is 12.1 Å². The summed E-state index contributed by atoms with van der Waals surface area (Å²) in [5.41, 5.74) is 2.88. The van der Waals surface area contributed by atoms with Crippen LogP contribution in [0.3, 0.4) is 0 Å². The molecular weight excluding hydrogens is 257 g/mol. The van der Waals surface area contributed by atoms with Gasteiger partial charge < -0.3 is 5.11 Å². The number of halogens is 1. The quantitative estimate of drug-likeness (QED) is 0.817. The number of nitrogens with zero attached hydrogens (tertiary/aromatic N) is 2. The molecule has 5 heteroatoms. The topological polar surface area (TPSA) is 52.1 Å². The third-order valence-corrected chi connectivity index (χ3v) is 3.20. The maximum absolute atomic E-state index is 13.0. The Bertz CT molecular complexity index is 518. The van der Waals surface area contributed by atoms with Gasteiger partial charge in [0.05, 0.1) is 18.5 Å². The first kappa shape index (κ1) is 14.7. The van der Waals surface area contributed by atoms with Crippen LogP contribution in [0.4, 0.5) is 4.39 Å². The minimum Gasteiger partial charge on any atom is -0.395 e. The van der Waals surface area contributed by atoms with E-state index in [0.29, 0.717) is 6.54 Å². The summed E-state index contributed by atoms with van der Waals surface area (Å²) in [6, 6.07) is 6.36. The van der Waals surface area contributed by atoms with E-state index >= 15 is 0 Å². The van der Waals surface area contributed by atoms with E-state index in [0.717, 1.165) is 36.3 Å². The Morgan fingerprint density at radius 2 is 2.00 bits per heavy atom. The van der Waals surface area contributed by atoms with Crippen molar-refractivity contribution in [1.29, 1.82) is 0 Å². The normalized spacial score (nSPS) is 11.2. The van der Waals surface area contributed by atoms with Crippen LogP contribution in [-0.2, 0) is 6.54 Å². The van der Waals surface area contributed by atoms with Gasteiger partial charge in [-0.15, -0.1) is 0 Å². The molecule has 0 saturated carbocycles. The Hall–Kier alpha value is -1.72. The summed E-state index contributed by atoms with van der Waals surface area (Å²) in [6.45, 7) is 4.54. The van der Waals surface area contributed by atoms with E-state index in [9.17, 15) is 4.39 Å². The van der Waals surface area contributed by atoms with Gasteiger partial charge >= 0.3 is 0 Å². The van der Waals surface area contributed by atoms with Gasteiger partial charge in [-0.1, -0.05) is 6.92 Å². The second-order valence-electron chi connectivity index (χ2n) is 4.78. The Kier molecular flexibility index (Phi) is 5.26. The number of aromatic amines is 1. The molecule has 0 spiro atoms. The van der Waals surface area contributed by atoms with Crippen LogP contribution >= 0.6 is 0 Å². The maximum Gasteiger partial charge on any atom is 0.123 e. The van der Waals surface area contributed by atoms with Gasteiger partial charge in [-0.05, 0) is 37.2 Å². The highest BCUT2D eigenvalue weighted by molar-refractivity contribution is 5.62. The molecule has 2 rings (SSSR count). The van der Waals surface area contributed by atoms with Crippen molar-refractivity contribution in [2.24, 2.45) is 0 Å². The van der Waals surface area contributed by atoms with Gasteiger partial charge in [0.2, 0.25) is 0 Å². The van der Waals surface area contributed by atoms with Crippen LogP contribution in [0.15, 0.2) is 30.5 Å². The number of hydrogen-bond acceptors (Lipinski definition) is 3. The monoisotopic (exact) mass is 277 g/mol. The lowest BCUT2D eigenvalue weighted by atomic mass is 10.1. The van der Waals surface area contributed by atoms with E-state index in [-0.39, 0.29) is 12.4 Å². The number of nitrogens with one attached hydrogen (secondary N) is 1. The lowest BCUT2D eigenvalue weighted by Crippen LogP contribution is -2.27. The lowest BCUT2D eigenvalue weighted by molar-refractivity contribution is 0.190. The van der Waals surface area contributed by atoms with E-state index < -0.39 is 0 Å². The molecule has 0 aliphatic heterocycles. The molecule has 20 heavy (non-hydrogen) atoms. The SMILES string of the molecule is CCCN(CCO)Cc1cn[nH]c1-c1ccc(F)cc1. The van der Waals surface area contributed by atoms with Crippen LogP contribution in [0.1, 0.15) is 18.9 Å². The zero-order valence-electron chi connectivity index (χ0n) is 11.6. The molecule has 1 aromatic heterocycles. The number of aliphatic hydroxyl groups excluding tert-OH is 1. The average Bonchev–Trinajstić information content (AvgIpc) is 2.88. The molecule has 0 bridgehead atoms. The van der Waals surface area contributed by atoms with Gasteiger partial charge in [-0.2, -0.15) is 5.10 Å². The minimum atomic E-state index is -0.247. The second kappa shape index (κ2) is 7.17. The molecule has 0 aliphatic carbocycles. The third-order valence-electron chi connectivity index (χ3n) is 3.20. The first-order chi connectivity index (χ1) is 9.74. The number of aromatic nitrogens is 2. The van der Waals surface area contributed by atoms with Crippen molar-refractivity contribution in [3.63, 3.8) is 0 Å². The summed E-state index contributed by atoms with van der Waals surface area (Å²) < 4.78 is 13.0. The fraction of sp³-hybridized carbons (Fsp3) is 0.400. The van der Waals surface area contributed by atoms with Crippen molar-refractivity contribution in [3.05, 3.63) is 41.8 Å². The average molecular weight is 277 g/mol. The molecule has 1 heterocycles. The Morgan fingerprint density at radius 3 is 2.65 bits per heavy atom. The molecule has 0 radical (unpaired) electrons. The second-order valence-corrected chi connectivity index (χ2v) is 4.78. The predicted octanol–water partition coefficient (Wildman–Crippen LogP) is 2.42. The van der Waals surface area contributed by atoms with E-state index in [1.54, 1.807) is 18.3 Å². The number of aliphatic hydroxyl groups is 1. The van der Waals surface area contributed by atoms with Crippen LogP contribution < -0.4 is 0 Å². The highest BCUT2D eigenvalue weighted by atomic mass is 19.1. The number of benzene rings is 1. The summed E-state index contributed by atoms with van der Waals surface area (Å²) in [5.74, 6) is -0.247. The highest BCUT2D eigenvalue weighted by Crippen LogP contribution is 2.22. The van der Waals surface area contributed by atoms with Gasteiger partial charge in [-0.3, -0.25) is 10.00 Å². The van der Waals surface area contributed by atoms with Crippen LogP contribution in [0.2, 0.25) is 0 Å². The van der Waals surface area contributed by atoms with Crippen molar-refractivity contribution in [2.45, 2.75) is 19.9 Å². The van der Waals surface area contributed by atoms with Gasteiger partial charge in [0.15, 0.2) is 0 Å². The summed E-state index contributed by atoms with van der Waals surface area (Å²) in [6.07, 6.45) is 2.82. The molecule has 0 aliphatic rings. The molecule has 2 N–H and O–H groups in total. The van der Waals surface area contributed by atoms with Gasteiger partial charge in [-0.25, -0.2) is 4.39 Å². The zero-order valence-corrected chi connectivity index (χ0v) is 11.6. The number of H-pyrrole nitrogens is 1. The molecule has 0 unspecified atom stereocenters. The molecule has 0 amide bonds. The Labute approximate surface area is 118 Å². The van der Waals surface area contributed by atoms with Gasteiger partial charge in [0.25, 0.3) is 0 Å². The Balaban J connectivity index is 2.17. The summed E-state index contributed by atoms with van der Waals surface area (Å²) in [4.78, 5) is 2.18. The van der Waals surface area contributed by atoms with E-state index in [2.05, 4.69) is 22.0 Å². The van der Waals surface area contributed by atoms with Crippen molar-refractivity contribution in [2.75, 3.05) is 19.7 Å². The van der Waals surface area contributed by atoms with E-state index in [4.69, 9.17) is 5.11 Å². The van der Waals surface area contributed by atoms with Crippen LogP contribution in [-0.4, -0.2) is 39.9 Å². The molecule has 0 fully saturated rings. The molecular formula is C15H20FN3O. The fourth-order valence-electron chi connectivity index (χ4n) is 2.27. The number of hydrogen-bond donors (Lipinski definition) is 2. The standard InChI is InChI=1S/C15H20FN3O/c1-2-7-19(8-9-20)11-13-10-17-18-15(13)12-3-5-14(16)6-4-12/h3-6,10,20H,2,7-9,11H2,1H3,(H,17,18). The lowest BCUT2D eigenvalue weighted by Gasteiger charge is -2.20. The predicted molar refractivity (Wildman–Crippen MR) is 76.6 cm³/mol. The molecule has 0 saturated heterocycles. The fourth-order valence-corrected chi connectivity index (χ4v) is 2.27. The van der Waals surface area contributed by atoms with E-state index in [1.807, 2.05) is 0 Å². The smallest absolute Gasteiger partial charge is 0.123 e. The summed E-state index contributed by atoms with van der Waals surface area (Å²) in [7, 11) is 0. The number of rotatable bonds is 7. The van der Waals surface area contributed by atoms with Crippen molar-refractivity contribution >= 4 is 0 Å². The van der Waals surface area contributed by atoms with Gasteiger partial charge in [0.1, 0.15) is 5.82 Å². The minimum absolute atomic E-state index is 0.143. The maximum atomic E-state index is 13.0. The van der Waals surface area contributed by atoms with Crippen LogP contribution in [0.25, 0.3) is 11.3 Å². The molecule has 0 atom stereocenters. The summed E-state index contributed by atoms with van der Waals surface area (Å²) >= 11 is 0. The van der Waals surface area contributed by atoms with Crippen molar-refractivity contribution in [3.8, 4) is 11.3 Å². The molecule has 2 aromatic rings. The molecule has 108 valence electrons. The highest BCUT2D eigenvalue weighted by Gasteiger charge is 2.11. The third kappa shape index (κ3) is 3.65. The first-order valence-corrected chi connectivity index (χ1v) is 6.86.